The van der Waals surface area contributed by atoms with Crippen molar-refractivity contribution in [2.45, 2.75) is 38.9 Å². The van der Waals surface area contributed by atoms with Gasteiger partial charge in [-0.05, 0) is 39.4 Å². The highest BCUT2D eigenvalue weighted by atomic mass is 16.2. The van der Waals surface area contributed by atoms with Crippen LogP contribution in [0.3, 0.4) is 0 Å². The third-order valence-electron chi connectivity index (χ3n) is 5.48. The van der Waals surface area contributed by atoms with Gasteiger partial charge in [0.05, 0.1) is 18.2 Å². The van der Waals surface area contributed by atoms with Crippen LogP contribution in [0.2, 0.25) is 0 Å². The highest BCUT2D eigenvalue weighted by Gasteiger charge is 2.43. The molecule has 0 radical (unpaired) electrons. The molecule has 150 valence electrons. The van der Waals surface area contributed by atoms with Gasteiger partial charge in [0, 0.05) is 45.3 Å². The molecule has 2 N–H and O–H groups in total. The lowest BCUT2D eigenvalue weighted by atomic mass is 9.75. The summed E-state index contributed by atoms with van der Waals surface area (Å²) in [4.78, 5) is 27.9. The first-order chi connectivity index (χ1) is 12.9. The van der Waals surface area contributed by atoms with E-state index in [0.29, 0.717) is 25.0 Å². The van der Waals surface area contributed by atoms with Crippen LogP contribution in [0.5, 0.6) is 0 Å². The molecule has 4 heterocycles. The van der Waals surface area contributed by atoms with Gasteiger partial charge in [-0.1, -0.05) is 5.21 Å². The van der Waals surface area contributed by atoms with Crippen molar-refractivity contribution in [3.63, 3.8) is 0 Å². The molecule has 1 aromatic rings. The van der Waals surface area contributed by atoms with Gasteiger partial charge in [0.15, 0.2) is 0 Å². The van der Waals surface area contributed by atoms with Crippen LogP contribution in [0, 0.1) is 11.8 Å². The van der Waals surface area contributed by atoms with Gasteiger partial charge in [0.2, 0.25) is 11.8 Å². The van der Waals surface area contributed by atoms with Crippen molar-refractivity contribution in [1.29, 1.82) is 0 Å². The molecule has 0 spiro atoms. The summed E-state index contributed by atoms with van der Waals surface area (Å²) in [7, 11) is 4.04. The molecule has 2 amide bonds. The molecule has 27 heavy (non-hydrogen) atoms. The van der Waals surface area contributed by atoms with Gasteiger partial charge in [-0.25, -0.2) is 0 Å². The highest BCUT2D eigenvalue weighted by Crippen LogP contribution is 2.36. The maximum absolute atomic E-state index is 12.5. The van der Waals surface area contributed by atoms with Crippen LogP contribution in [0.4, 0.5) is 0 Å². The zero-order chi connectivity index (χ0) is 19.4. The Balaban J connectivity index is 1.49. The summed E-state index contributed by atoms with van der Waals surface area (Å²) in [5, 5.41) is 14.2. The van der Waals surface area contributed by atoms with Crippen LogP contribution in [0.25, 0.3) is 0 Å². The first-order valence-corrected chi connectivity index (χ1v) is 9.72. The van der Waals surface area contributed by atoms with Gasteiger partial charge >= 0.3 is 0 Å². The summed E-state index contributed by atoms with van der Waals surface area (Å²) >= 11 is 0. The third kappa shape index (κ3) is 5.26. The number of amides is 2. The molecule has 3 saturated heterocycles. The minimum Gasteiger partial charge on any atom is -0.355 e. The largest absolute Gasteiger partial charge is 0.355 e. The quantitative estimate of drug-likeness (QED) is 0.582. The maximum atomic E-state index is 12.5. The summed E-state index contributed by atoms with van der Waals surface area (Å²) in [5.74, 6) is 0.511. The number of carbonyl (C=O) groups excluding carboxylic acids is 2. The molecule has 2 bridgehead atoms. The van der Waals surface area contributed by atoms with Crippen molar-refractivity contribution >= 4 is 11.8 Å². The van der Waals surface area contributed by atoms with E-state index in [-0.39, 0.29) is 17.7 Å². The number of fused-ring (bicyclic) bond motifs is 3. The molecule has 0 aromatic carbocycles. The van der Waals surface area contributed by atoms with E-state index in [0.717, 1.165) is 44.7 Å². The van der Waals surface area contributed by atoms with E-state index in [4.69, 9.17) is 0 Å². The summed E-state index contributed by atoms with van der Waals surface area (Å²) in [6.45, 7) is 5.91. The van der Waals surface area contributed by atoms with Crippen molar-refractivity contribution in [2.24, 2.45) is 11.8 Å². The number of rotatable bonds is 8. The average Bonchev–Trinajstić information content (AvgIpc) is 3.05. The van der Waals surface area contributed by atoms with Crippen LogP contribution < -0.4 is 10.6 Å². The first-order valence-electron chi connectivity index (χ1n) is 9.72. The zero-order valence-electron chi connectivity index (χ0n) is 16.5. The van der Waals surface area contributed by atoms with Crippen molar-refractivity contribution in [3.05, 3.63) is 11.9 Å². The third-order valence-corrected chi connectivity index (χ3v) is 5.48. The van der Waals surface area contributed by atoms with Gasteiger partial charge in [-0.3, -0.25) is 19.2 Å². The minimum absolute atomic E-state index is 0.0485. The Morgan fingerprint density at radius 3 is 2.74 bits per heavy atom. The van der Waals surface area contributed by atoms with Gasteiger partial charge in [-0.2, -0.15) is 0 Å². The number of nitrogens with one attached hydrogen (secondary N) is 2. The summed E-state index contributed by atoms with van der Waals surface area (Å²) < 4.78 is 1.94. The number of hydrogen-bond donors (Lipinski definition) is 2. The topological polar surface area (TPSA) is 95.4 Å². The Morgan fingerprint density at radius 1 is 1.30 bits per heavy atom. The molecule has 4 rings (SSSR count). The van der Waals surface area contributed by atoms with Crippen LogP contribution in [-0.2, 0) is 22.7 Å². The number of nitrogens with zero attached hydrogens (tertiary/aromatic N) is 5. The number of piperidine rings is 3. The molecule has 4 atom stereocenters. The van der Waals surface area contributed by atoms with E-state index in [1.165, 1.54) is 6.92 Å². The van der Waals surface area contributed by atoms with Crippen LogP contribution in [0.15, 0.2) is 6.20 Å². The van der Waals surface area contributed by atoms with Crippen LogP contribution in [0.1, 0.15) is 25.5 Å². The second-order valence-electron chi connectivity index (χ2n) is 7.98. The van der Waals surface area contributed by atoms with E-state index in [1.807, 2.05) is 25.0 Å². The molecular formula is C18H31N7O2. The van der Waals surface area contributed by atoms with Crippen molar-refractivity contribution in [1.82, 2.24) is 35.4 Å². The van der Waals surface area contributed by atoms with Gasteiger partial charge < -0.3 is 15.5 Å². The Hall–Kier alpha value is -2.00. The normalized spacial score (nSPS) is 27.0. The SMILES string of the molecule is CC(=O)NCCNC(=O)[C@@H]1CN2CC[C@H]1C[C@@H]2Cn1cc(CN(C)C)nn1. The second kappa shape index (κ2) is 8.79. The van der Waals surface area contributed by atoms with Gasteiger partial charge in [0.1, 0.15) is 0 Å². The average molecular weight is 377 g/mol. The van der Waals surface area contributed by atoms with Crippen LogP contribution in [-0.4, -0.2) is 82.9 Å². The maximum Gasteiger partial charge on any atom is 0.224 e. The Kier molecular flexibility index (Phi) is 6.43. The standard InChI is InChI=1S/C18H31N7O2/c1-13(26)19-5-6-20-18(27)17-12-24-7-4-14(17)8-16(24)11-25-10-15(21-22-25)9-23(2)3/h10,14,16-17H,4-9,11-12H2,1-3H3,(H,19,26)(H,20,27)/t14-,16+,17+/m0/s1. The fourth-order valence-corrected chi connectivity index (χ4v) is 4.22. The number of hydrogen-bond acceptors (Lipinski definition) is 6. The van der Waals surface area contributed by atoms with E-state index in [2.05, 4.69) is 30.7 Å². The van der Waals surface area contributed by atoms with E-state index in [1.54, 1.807) is 0 Å². The molecule has 9 heteroatoms. The molecule has 3 aliphatic heterocycles. The fourth-order valence-electron chi connectivity index (χ4n) is 4.22. The van der Waals surface area contributed by atoms with E-state index >= 15 is 0 Å². The predicted molar refractivity (Wildman–Crippen MR) is 101 cm³/mol. The molecule has 0 saturated carbocycles. The first kappa shape index (κ1) is 19.8. The Labute approximate surface area is 160 Å². The molecule has 0 aliphatic carbocycles. The molecule has 1 aromatic heterocycles. The van der Waals surface area contributed by atoms with Crippen molar-refractivity contribution in [2.75, 3.05) is 40.3 Å². The Morgan fingerprint density at radius 2 is 2.07 bits per heavy atom. The lowest BCUT2D eigenvalue weighted by Gasteiger charge is -2.49. The lowest BCUT2D eigenvalue weighted by molar-refractivity contribution is -0.133. The molecular weight excluding hydrogens is 346 g/mol. The van der Waals surface area contributed by atoms with E-state index in [9.17, 15) is 9.59 Å². The zero-order valence-corrected chi connectivity index (χ0v) is 16.5. The Bertz CT molecular complexity index is 660. The lowest BCUT2D eigenvalue weighted by Crippen LogP contribution is -2.58. The number of aromatic nitrogens is 3. The second-order valence-corrected chi connectivity index (χ2v) is 7.98. The monoisotopic (exact) mass is 377 g/mol. The molecule has 3 fully saturated rings. The van der Waals surface area contributed by atoms with Gasteiger partial charge in [0.25, 0.3) is 0 Å². The minimum atomic E-state index is -0.0724. The predicted octanol–water partition coefficient (Wildman–Crippen LogP) is -0.698. The highest BCUT2D eigenvalue weighted by molar-refractivity contribution is 5.79. The summed E-state index contributed by atoms with van der Waals surface area (Å²) in [6, 6.07) is 0.418. The molecule has 3 aliphatic rings. The van der Waals surface area contributed by atoms with Gasteiger partial charge in [-0.15, -0.1) is 5.10 Å². The summed E-state index contributed by atoms with van der Waals surface area (Å²) in [5.41, 5.74) is 0.979. The summed E-state index contributed by atoms with van der Waals surface area (Å²) in [6.07, 6.45) is 4.12. The smallest absolute Gasteiger partial charge is 0.224 e. The fraction of sp³-hybridized carbons (Fsp3) is 0.778. The van der Waals surface area contributed by atoms with Crippen LogP contribution >= 0.6 is 0 Å². The molecule has 1 unspecified atom stereocenters. The number of carbonyl (C=O) groups is 2. The van der Waals surface area contributed by atoms with E-state index < -0.39 is 0 Å². The van der Waals surface area contributed by atoms with Crippen molar-refractivity contribution < 1.29 is 9.59 Å². The van der Waals surface area contributed by atoms with Crippen molar-refractivity contribution in [3.8, 4) is 0 Å². The molecule has 9 nitrogen and oxygen atoms in total.